The van der Waals surface area contributed by atoms with Crippen molar-refractivity contribution >= 4 is 11.6 Å². The molecule has 0 unspecified atom stereocenters. The second-order valence-electron chi connectivity index (χ2n) is 5.54. The molecule has 0 aromatic heterocycles. The van der Waals surface area contributed by atoms with Crippen molar-refractivity contribution in [3.63, 3.8) is 0 Å². The highest BCUT2D eigenvalue weighted by Crippen LogP contribution is 2.30. The molecule has 0 saturated heterocycles. The van der Waals surface area contributed by atoms with Gasteiger partial charge in [0.1, 0.15) is 17.2 Å². The molecule has 0 aliphatic carbocycles. The summed E-state index contributed by atoms with van der Waals surface area (Å²) in [5.41, 5.74) is 0.843. The first kappa shape index (κ1) is 16.8. The van der Waals surface area contributed by atoms with Gasteiger partial charge in [-0.25, -0.2) is 4.39 Å². The second-order valence-corrected chi connectivity index (χ2v) is 5.54. The zero-order valence-corrected chi connectivity index (χ0v) is 13.4. The average molecular weight is 317 g/mol. The minimum atomic E-state index is -0.663. The minimum absolute atomic E-state index is 0.154. The molecule has 2 rings (SSSR count). The summed E-state index contributed by atoms with van der Waals surface area (Å²) in [6, 6.07) is 11.4. The number of amides is 1. The van der Waals surface area contributed by atoms with Crippen LogP contribution in [0.3, 0.4) is 0 Å². The summed E-state index contributed by atoms with van der Waals surface area (Å²) < 4.78 is 19.4. The maximum absolute atomic E-state index is 13.8. The van der Waals surface area contributed by atoms with Gasteiger partial charge < -0.3 is 14.7 Å². The summed E-state index contributed by atoms with van der Waals surface area (Å²) in [6.07, 6.45) is 0. The highest BCUT2D eigenvalue weighted by molar-refractivity contribution is 5.95. The third kappa shape index (κ3) is 3.80. The molecule has 0 aliphatic heterocycles. The Morgan fingerprint density at radius 2 is 1.91 bits per heavy atom. The first-order valence-electron chi connectivity index (χ1n) is 7.37. The van der Waals surface area contributed by atoms with Gasteiger partial charge in [-0.05, 0) is 29.7 Å². The molecule has 4 nitrogen and oxygen atoms in total. The van der Waals surface area contributed by atoms with Gasteiger partial charge in [-0.2, -0.15) is 0 Å². The molecule has 0 bridgehead atoms. The molecule has 2 aromatic carbocycles. The number of hydrogen-bond donors (Lipinski definition) is 1. The second kappa shape index (κ2) is 7.13. The fourth-order valence-corrected chi connectivity index (χ4v) is 2.29. The number of carbonyl (C=O) groups is 1. The van der Waals surface area contributed by atoms with Crippen LogP contribution < -0.4 is 9.64 Å². The summed E-state index contributed by atoms with van der Waals surface area (Å²) >= 11 is 0. The zero-order chi connectivity index (χ0) is 17.0. The van der Waals surface area contributed by atoms with Crippen molar-refractivity contribution in [2.24, 2.45) is 0 Å². The molecule has 2 aromatic rings. The Kier molecular flexibility index (Phi) is 5.21. The van der Waals surface area contributed by atoms with Gasteiger partial charge >= 0.3 is 0 Å². The van der Waals surface area contributed by atoms with Crippen LogP contribution in [0, 0.1) is 5.82 Å². The predicted octanol–water partition coefficient (Wildman–Crippen LogP) is 3.70. The van der Waals surface area contributed by atoms with Gasteiger partial charge in [0, 0.05) is 7.05 Å². The van der Waals surface area contributed by atoms with E-state index in [0.717, 1.165) is 10.5 Å². The van der Waals surface area contributed by atoms with E-state index < -0.39 is 11.7 Å². The minimum Gasteiger partial charge on any atom is -0.506 e. The van der Waals surface area contributed by atoms with Gasteiger partial charge in [0.25, 0.3) is 5.91 Å². The summed E-state index contributed by atoms with van der Waals surface area (Å²) in [5.74, 6) is -0.521. The van der Waals surface area contributed by atoms with Crippen molar-refractivity contribution in [2.45, 2.75) is 19.8 Å². The molecule has 0 saturated carbocycles. The number of nitrogens with zero attached hydrogens (tertiary/aromatic N) is 1. The fraction of sp³-hybridized carbons (Fsp3) is 0.278. The molecular formula is C18H20FNO3. The summed E-state index contributed by atoms with van der Waals surface area (Å²) in [7, 11) is 1.40. The van der Waals surface area contributed by atoms with E-state index in [1.165, 1.54) is 25.2 Å². The number of carbonyl (C=O) groups excluding carboxylic acids is 1. The van der Waals surface area contributed by atoms with E-state index in [4.69, 9.17) is 4.74 Å². The van der Waals surface area contributed by atoms with Crippen molar-refractivity contribution in [2.75, 3.05) is 18.6 Å². The van der Waals surface area contributed by atoms with Crippen LogP contribution in [0.2, 0.25) is 0 Å². The molecule has 0 spiro atoms. The molecule has 5 heteroatoms. The third-order valence-corrected chi connectivity index (χ3v) is 3.57. The molecule has 23 heavy (non-hydrogen) atoms. The van der Waals surface area contributed by atoms with Crippen molar-refractivity contribution in [3.8, 4) is 11.5 Å². The number of ether oxygens (including phenoxy) is 1. The molecule has 122 valence electrons. The molecule has 0 atom stereocenters. The molecule has 0 aliphatic rings. The molecule has 0 fully saturated rings. The summed E-state index contributed by atoms with van der Waals surface area (Å²) in [4.78, 5) is 13.3. The van der Waals surface area contributed by atoms with Gasteiger partial charge in [-0.1, -0.05) is 38.1 Å². The van der Waals surface area contributed by atoms with Crippen LogP contribution in [0.5, 0.6) is 11.5 Å². The highest BCUT2D eigenvalue weighted by atomic mass is 19.1. The van der Waals surface area contributed by atoms with Gasteiger partial charge in [0.2, 0.25) is 0 Å². The van der Waals surface area contributed by atoms with E-state index in [-0.39, 0.29) is 24.0 Å². The molecule has 1 N–H and O–H groups in total. The summed E-state index contributed by atoms with van der Waals surface area (Å²) in [6.45, 7) is 3.83. The first-order valence-corrected chi connectivity index (χ1v) is 7.37. The first-order chi connectivity index (χ1) is 10.9. The van der Waals surface area contributed by atoms with E-state index in [1.807, 2.05) is 32.0 Å². The Balaban J connectivity index is 2.11. The Bertz CT molecular complexity index is 680. The Morgan fingerprint density at radius 3 is 2.57 bits per heavy atom. The number of para-hydroxylation sites is 2. The largest absolute Gasteiger partial charge is 0.506 e. The molecule has 0 heterocycles. The Morgan fingerprint density at radius 1 is 1.22 bits per heavy atom. The van der Waals surface area contributed by atoms with E-state index in [9.17, 15) is 14.3 Å². The van der Waals surface area contributed by atoms with Crippen molar-refractivity contribution < 1.29 is 19.0 Å². The fourth-order valence-electron chi connectivity index (χ4n) is 2.29. The number of rotatable bonds is 5. The van der Waals surface area contributed by atoms with Gasteiger partial charge in [-0.15, -0.1) is 0 Å². The molecule has 0 radical (unpaired) electrons. The van der Waals surface area contributed by atoms with Crippen molar-refractivity contribution in [3.05, 3.63) is 53.8 Å². The number of benzene rings is 2. The lowest BCUT2D eigenvalue weighted by Crippen LogP contribution is -2.32. The van der Waals surface area contributed by atoms with Gasteiger partial charge in [0.05, 0.1) is 0 Å². The maximum atomic E-state index is 13.8. The summed E-state index contributed by atoms with van der Waals surface area (Å²) in [5, 5.41) is 9.74. The smallest absolute Gasteiger partial charge is 0.264 e. The number of phenols is 1. The number of likely N-dealkylation sites (N-methyl/N-ethyl adjacent to an activating group) is 1. The Hall–Kier alpha value is -2.56. The number of anilines is 1. The van der Waals surface area contributed by atoms with Crippen LogP contribution in [0.25, 0.3) is 0 Å². The van der Waals surface area contributed by atoms with Crippen LogP contribution >= 0.6 is 0 Å². The van der Waals surface area contributed by atoms with Crippen LogP contribution in [-0.2, 0) is 4.79 Å². The van der Waals surface area contributed by atoms with Crippen LogP contribution in [0.15, 0.2) is 42.5 Å². The topological polar surface area (TPSA) is 49.8 Å². The van der Waals surface area contributed by atoms with E-state index in [2.05, 4.69) is 0 Å². The van der Waals surface area contributed by atoms with E-state index in [1.54, 1.807) is 6.07 Å². The average Bonchev–Trinajstić information content (AvgIpc) is 2.52. The standard InChI is InChI=1S/C18H20FNO3/c1-12(2)13-7-4-5-10-16(13)23-11-17(22)20(3)18-14(19)8-6-9-15(18)21/h4-10,12,21H,11H2,1-3H3. The van der Waals surface area contributed by atoms with E-state index >= 15 is 0 Å². The SMILES string of the molecule is CC(C)c1ccccc1OCC(=O)N(C)c1c(O)cccc1F. The highest BCUT2D eigenvalue weighted by Gasteiger charge is 2.19. The Labute approximate surface area is 135 Å². The number of halogens is 1. The van der Waals surface area contributed by atoms with Gasteiger partial charge in [-0.3, -0.25) is 4.79 Å². The lowest BCUT2D eigenvalue weighted by molar-refractivity contribution is -0.120. The maximum Gasteiger partial charge on any atom is 0.264 e. The number of aromatic hydroxyl groups is 1. The lowest BCUT2D eigenvalue weighted by Gasteiger charge is -2.20. The molecular weight excluding hydrogens is 297 g/mol. The van der Waals surface area contributed by atoms with Crippen molar-refractivity contribution in [1.82, 2.24) is 0 Å². The van der Waals surface area contributed by atoms with Gasteiger partial charge in [0.15, 0.2) is 12.4 Å². The van der Waals surface area contributed by atoms with Crippen LogP contribution in [-0.4, -0.2) is 24.7 Å². The molecule has 1 amide bonds. The monoisotopic (exact) mass is 317 g/mol. The third-order valence-electron chi connectivity index (χ3n) is 3.57. The number of hydrogen-bond acceptors (Lipinski definition) is 3. The number of phenolic OH excluding ortho intramolecular Hbond substituents is 1. The van der Waals surface area contributed by atoms with Crippen LogP contribution in [0.4, 0.5) is 10.1 Å². The quantitative estimate of drug-likeness (QED) is 0.915. The zero-order valence-electron chi connectivity index (χ0n) is 13.4. The van der Waals surface area contributed by atoms with Crippen molar-refractivity contribution in [1.29, 1.82) is 0 Å². The lowest BCUT2D eigenvalue weighted by atomic mass is 10.0. The normalized spacial score (nSPS) is 10.7. The van der Waals surface area contributed by atoms with Crippen LogP contribution in [0.1, 0.15) is 25.3 Å². The predicted molar refractivity (Wildman–Crippen MR) is 87.5 cm³/mol. The van der Waals surface area contributed by atoms with E-state index in [0.29, 0.717) is 5.75 Å².